The summed E-state index contributed by atoms with van der Waals surface area (Å²) in [6.07, 6.45) is 0. The fourth-order valence-corrected chi connectivity index (χ4v) is 2.93. The van der Waals surface area contributed by atoms with Gasteiger partial charge in [0.2, 0.25) is 0 Å². The molecule has 2 rings (SSSR count). The smallest absolute Gasteiger partial charge is 0.355 e. The van der Waals surface area contributed by atoms with E-state index in [1.165, 1.54) is 19.1 Å². The minimum absolute atomic E-state index is 0.0218. The third-order valence-corrected chi connectivity index (χ3v) is 3.91. The lowest BCUT2D eigenvalue weighted by atomic mass is 10.1. The summed E-state index contributed by atoms with van der Waals surface area (Å²) < 4.78 is 15.7. The molecule has 1 aromatic carbocycles. The first kappa shape index (κ1) is 16.9. The third-order valence-electron chi connectivity index (χ3n) is 3.06. The van der Waals surface area contributed by atoms with E-state index in [0.717, 1.165) is 4.47 Å². The molecule has 0 amide bonds. The Morgan fingerprint density at radius 3 is 2.55 bits per heavy atom. The second-order valence-electron chi connectivity index (χ2n) is 4.35. The van der Waals surface area contributed by atoms with E-state index >= 15 is 0 Å². The summed E-state index contributed by atoms with van der Waals surface area (Å²) in [5, 5.41) is 0. The highest BCUT2D eigenvalue weighted by molar-refractivity contribution is 9.10. The highest BCUT2D eigenvalue weighted by Crippen LogP contribution is 2.33. The van der Waals surface area contributed by atoms with Crippen molar-refractivity contribution in [1.82, 2.24) is 0 Å². The second-order valence-corrected chi connectivity index (χ2v) is 5.75. The van der Waals surface area contributed by atoms with Crippen molar-refractivity contribution in [3.05, 3.63) is 33.9 Å². The van der Waals surface area contributed by atoms with E-state index < -0.39 is 11.9 Å². The van der Waals surface area contributed by atoms with E-state index in [1.54, 1.807) is 18.2 Å². The zero-order valence-corrected chi connectivity index (χ0v) is 14.4. The minimum Gasteiger partial charge on any atom is -0.466 e. The molecule has 6 nitrogen and oxygen atoms in total. The quantitative estimate of drug-likeness (QED) is 0.632. The van der Waals surface area contributed by atoms with Crippen LogP contribution in [0, 0.1) is 0 Å². The number of thiol groups is 1. The lowest BCUT2D eigenvalue weighted by Crippen LogP contribution is -2.39. The normalized spacial score (nSPS) is 14.8. The number of benzene rings is 1. The van der Waals surface area contributed by atoms with Crippen LogP contribution in [0.3, 0.4) is 0 Å². The van der Waals surface area contributed by atoms with Crippen molar-refractivity contribution in [2.75, 3.05) is 32.5 Å². The first-order chi connectivity index (χ1) is 10.5. The van der Waals surface area contributed by atoms with Gasteiger partial charge in [-0.05, 0) is 18.2 Å². The molecule has 1 aromatic rings. The van der Waals surface area contributed by atoms with Crippen LogP contribution >= 0.6 is 28.6 Å². The van der Waals surface area contributed by atoms with Gasteiger partial charge in [0.15, 0.2) is 0 Å². The number of anilines is 1. The second kappa shape index (κ2) is 7.17. The van der Waals surface area contributed by atoms with Crippen LogP contribution in [0.5, 0.6) is 0 Å². The summed E-state index contributed by atoms with van der Waals surface area (Å²) in [4.78, 5) is 26.2. The van der Waals surface area contributed by atoms with Gasteiger partial charge >= 0.3 is 11.9 Å². The van der Waals surface area contributed by atoms with Gasteiger partial charge in [0.05, 0.1) is 32.1 Å². The van der Waals surface area contributed by atoms with Gasteiger partial charge < -0.3 is 19.1 Å². The fourth-order valence-electron chi connectivity index (χ4n) is 2.06. The maximum absolute atomic E-state index is 12.1. The van der Waals surface area contributed by atoms with Gasteiger partial charge in [0, 0.05) is 9.37 Å². The molecule has 1 aliphatic heterocycles. The van der Waals surface area contributed by atoms with Gasteiger partial charge in [-0.1, -0.05) is 15.9 Å². The number of hydrogen-bond acceptors (Lipinski definition) is 7. The Bertz CT molecular complexity index is 646. The molecule has 118 valence electrons. The largest absolute Gasteiger partial charge is 0.466 e. The number of esters is 2. The number of rotatable bonds is 3. The van der Waals surface area contributed by atoms with Gasteiger partial charge in [-0.2, -0.15) is 0 Å². The Labute approximate surface area is 141 Å². The van der Waals surface area contributed by atoms with Crippen molar-refractivity contribution < 1.29 is 23.8 Å². The average Bonchev–Trinajstić information content (AvgIpc) is 2.52. The average molecular weight is 388 g/mol. The van der Waals surface area contributed by atoms with E-state index in [4.69, 9.17) is 14.2 Å². The molecule has 0 atom stereocenters. The molecule has 1 aliphatic rings. The predicted octanol–water partition coefficient (Wildman–Crippen LogP) is 2.13. The predicted molar refractivity (Wildman–Crippen MR) is 85.8 cm³/mol. The first-order valence-corrected chi connectivity index (χ1v) is 7.47. The highest BCUT2D eigenvalue weighted by Gasteiger charge is 2.33. The van der Waals surface area contributed by atoms with Gasteiger partial charge in [0.1, 0.15) is 12.4 Å². The molecule has 0 unspecified atom stereocenters. The van der Waals surface area contributed by atoms with E-state index in [2.05, 4.69) is 28.6 Å². The Balaban J connectivity index is 2.57. The molecule has 0 fully saturated rings. The molecular formula is C14H14BrNO5S. The van der Waals surface area contributed by atoms with Crippen LogP contribution < -0.4 is 4.90 Å². The monoisotopic (exact) mass is 387 g/mol. The number of carbonyl (C=O) groups is 2. The molecule has 0 bridgehead atoms. The maximum atomic E-state index is 12.1. The number of hydrogen-bond donors (Lipinski definition) is 1. The molecule has 0 radical (unpaired) electrons. The minimum atomic E-state index is -0.639. The van der Waals surface area contributed by atoms with Crippen molar-refractivity contribution in [2.45, 2.75) is 4.90 Å². The van der Waals surface area contributed by atoms with Crippen LogP contribution in [-0.4, -0.2) is 39.5 Å². The molecule has 0 spiro atoms. The summed E-state index contributed by atoms with van der Waals surface area (Å²) in [5.74, 6) is -1.28. The maximum Gasteiger partial charge on any atom is 0.355 e. The van der Waals surface area contributed by atoms with E-state index in [-0.39, 0.29) is 24.6 Å². The van der Waals surface area contributed by atoms with E-state index in [1.807, 2.05) is 0 Å². The van der Waals surface area contributed by atoms with Crippen LogP contribution in [0.1, 0.15) is 0 Å². The van der Waals surface area contributed by atoms with Crippen LogP contribution in [-0.2, 0) is 23.8 Å². The summed E-state index contributed by atoms with van der Waals surface area (Å²) in [6.45, 7) is 0.0756. The molecule has 0 saturated carbocycles. The Hall–Kier alpha value is -1.51. The zero-order chi connectivity index (χ0) is 16.3. The molecule has 0 aliphatic carbocycles. The SMILES string of the molecule is COC(=O)C1=C(C(=O)OC)N(c2ccc(Br)cc2S)COC1. The molecule has 22 heavy (non-hydrogen) atoms. The van der Waals surface area contributed by atoms with E-state index in [0.29, 0.717) is 10.6 Å². The van der Waals surface area contributed by atoms with Gasteiger partial charge in [-0.25, -0.2) is 9.59 Å². The van der Waals surface area contributed by atoms with Crippen molar-refractivity contribution >= 4 is 46.2 Å². The lowest BCUT2D eigenvalue weighted by molar-refractivity contribution is -0.140. The van der Waals surface area contributed by atoms with E-state index in [9.17, 15) is 9.59 Å². The van der Waals surface area contributed by atoms with Gasteiger partial charge in [-0.15, -0.1) is 12.6 Å². The molecule has 0 saturated heterocycles. The number of halogens is 1. The first-order valence-electron chi connectivity index (χ1n) is 6.23. The molecule has 0 aromatic heterocycles. The molecule has 0 N–H and O–H groups in total. The van der Waals surface area contributed by atoms with Crippen LogP contribution in [0.4, 0.5) is 5.69 Å². The lowest BCUT2D eigenvalue weighted by Gasteiger charge is -2.32. The summed E-state index contributed by atoms with van der Waals surface area (Å²) in [5.41, 5.74) is 0.822. The van der Waals surface area contributed by atoms with Crippen LogP contribution in [0.25, 0.3) is 0 Å². The van der Waals surface area contributed by atoms with Gasteiger partial charge in [-0.3, -0.25) is 0 Å². The van der Waals surface area contributed by atoms with Crippen molar-refractivity contribution in [3.8, 4) is 0 Å². The molecule has 8 heteroatoms. The standard InChI is InChI=1S/C14H14BrNO5S/c1-19-13(17)9-6-21-7-16(12(9)14(18)20-2)10-4-3-8(15)5-11(10)22/h3-5,22H,6-7H2,1-2H3. The fraction of sp³-hybridized carbons (Fsp3) is 0.286. The summed E-state index contributed by atoms with van der Waals surface area (Å²) in [6, 6.07) is 5.34. The summed E-state index contributed by atoms with van der Waals surface area (Å²) >= 11 is 7.75. The van der Waals surface area contributed by atoms with Crippen molar-refractivity contribution in [1.29, 1.82) is 0 Å². The molecule has 1 heterocycles. The Kier molecular flexibility index (Phi) is 5.49. The highest BCUT2D eigenvalue weighted by atomic mass is 79.9. The van der Waals surface area contributed by atoms with Gasteiger partial charge in [0.25, 0.3) is 0 Å². The number of methoxy groups -OCH3 is 2. The number of carbonyl (C=O) groups excluding carboxylic acids is 2. The van der Waals surface area contributed by atoms with Crippen molar-refractivity contribution in [2.24, 2.45) is 0 Å². The number of ether oxygens (including phenoxy) is 3. The Morgan fingerprint density at radius 2 is 1.95 bits per heavy atom. The topological polar surface area (TPSA) is 65.1 Å². The zero-order valence-electron chi connectivity index (χ0n) is 12.0. The van der Waals surface area contributed by atoms with Crippen LogP contribution in [0.15, 0.2) is 38.8 Å². The van der Waals surface area contributed by atoms with Crippen molar-refractivity contribution in [3.63, 3.8) is 0 Å². The van der Waals surface area contributed by atoms with Crippen LogP contribution in [0.2, 0.25) is 0 Å². The number of nitrogens with zero attached hydrogens (tertiary/aromatic N) is 1. The Morgan fingerprint density at radius 1 is 1.27 bits per heavy atom. The summed E-state index contributed by atoms with van der Waals surface area (Å²) in [7, 11) is 2.49. The molecular weight excluding hydrogens is 374 g/mol. The third kappa shape index (κ3) is 3.29.